The molecule has 1 aromatic rings. The molecule has 1 heterocycles. The number of urea groups is 1. The van der Waals surface area contributed by atoms with Gasteiger partial charge in [0.25, 0.3) is 0 Å². The number of halogens is 3. The number of carbonyl (C=O) groups is 3. The summed E-state index contributed by atoms with van der Waals surface area (Å²) < 4.78 is 47.0. The molecule has 0 radical (unpaired) electrons. The van der Waals surface area contributed by atoms with E-state index in [1.807, 2.05) is 5.32 Å². The highest BCUT2D eigenvalue weighted by atomic mass is 19.4. The summed E-state index contributed by atoms with van der Waals surface area (Å²) in [5, 5.41) is 4.66. The molecule has 4 N–H and O–H groups in total. The number of likely N-dealkylation sites (tertiary alicyclic amines) is 1. The second-order valence-electron chi connectivity index (χ2n) is 9.62. The third-order valence-electron chi connectivity index (χ3n) is 7.12. The molecule has 2 fully saturated rings. The minimum absolute atomic E-state index is 0.0195. The summed E-state index contributed by atoms with van der Waals surface area (Å²) in [6, 6.07) is 1.60. The molecule has 0 spiro atoms. The van der Waals surface area contributed by atoms with E-state index in [0.29, 0.717) is 47.6 Å². The van der Waals surface area contributed by atoms with Crippen LogP contribution >= 0.6 is 0 Å². The van der Waals surface area contributed by atoms with Gasteiger partial charge < -0.3 is 21.1 Å². The predicted octanol–water partition coefficient (Wildman–Crippen LogP) is 4.17. The number of ether oxygens (including phenoxy) is 1. The van der Waals surface area contributed by atoms with Crippen LogP contribution in [0.5, 0.6) is 5.75 Å². The van der Waals surface area contributed by atoms with Gasteiger partial charge in [0.1, 0.15) is 23.7 Å². The van der Waals surface area contributed by atoms with E-state index in [1.165, 1.54) is 26.3 Å². The van der Waals surface area contributed by atoms with Crippen LogP contribution in [0, 0.1) is 11.8 Å². The summed E-state index contributed by atoms with van der Waals surface area (Å²) >= 11 is 0. The van der Waals surface area contributed by atoms with E-state index in [-0.39, 0.29) is 12.3 Å². The normalized spacial score (nSPS) is 21.6. The van der Waals surface area contributed by atoms with Crippen molar-refractivity contribution < 1.29 is 32.3 Å². The average Bonchev–Trinajstić information content (AvgIpc) is 2.92. The number of imide groups is 1. The van der Waals surface area contributed by atoms with E-state index >= 15 is 0 Å². The Bertz CT molecular complexity index is 1130. The van der Waals surface area contributed by atoms with Gasteiger partial charge in [0.2, 0.25) is 11.8 Å². The number of alkyl halides is 3. The molecule has 2 aliphatic rings. The maximum atomic E-state index is 14.0. The van der Waals surface area contributed by atoms with E-state index in [4.69, 9.17) is 10.5 Å². The van der Waals surface area contributed by atoms with Gasteiger partial charge in [0, 0.05) is 12.7 Å². The Labute approximate surface area is 225 Å². The lowest BCUT2D eigenvalue weighted by atomic mass is 9.81. The van der Waals surface area contributed by atoms with Crippen molar-refractivity contribution in [1.29, 1.82) is 0 Å². The Morgan fingerprint density at radius 1 is 1.23 bits per heavy atom. The Morgan fingerprint density at radius 3 is 2.41 bits per heavy atom. The van der Waals surface area contributed by atoms with Gasteiger partial charge in [-0.15, -0.1) is 0 Å². The van der Waals surface area contributed by atoms with Gasteiger partial charge in [-0.3, -0.25) is 19.5 Å². The number of nitrogens with two attached hydrogens (primary N) is 1. The number of aliphatic imine (C=N–C) groups is 1. The number of amidine groups is 1. The molecule has 212 valence electrons. The highest BCUT2D eigenvalue weighted by molar-refractivity contribution is 6.12. The predicted molar refractivity (Wildman–Crippen MR) is 141 cm³/mol. The minimum Gasteiger partial charge on any atom is -0.497 e. The first kappa shape index (κ1) is 29.7. The fourth-order valence-corrected chi connectivity index (χ4v) is 5.01. The van der Waals surface area contributed by atoms with E-state index in [9.17, 15) is 27.6 Å². The number of carbonyl (C=O) groups excluding carboxylic acids is 3. The Balaban J connectivity index is 1.87. The first-order valence-electron chi connectivity index (χ1n) is 12.7. The molecule has 0 aromatic heterocycles. The molecule has 1 aliphatic carbocycles. The van der Waals surface area contributed by atoms with Gasteiger partial charge in [0.05, 0.1) is 13.0 Å². The summed E-state index contributed by atoms with van der Waals surface area (Å²) in [4.78, 5) is 44.0. The molecule has 0 unspecified atom stereocenters. The van der Waals surface area contributed by atoms with Crippen molar-refractivity contribution in [2.45, 2.75) is 56.8 Å². The fourth-order valence-electron chi connectivity index (χ4n) is 5.01. The number of nitrogens with one attached hydrogen (secondary N) is 2. The van der Waals surface area contributed by atoms with Gasteiger partial charge in [-0.25, -0.2) is 4.79 Å². The second kappa shape index (κ2) is 12.8. The molecule has 9 nitrogen and oxygen atoms in total. The van der Waals surface area contributed by atoms with Crippen molar-refractivity contribution in [3.63, 3.8) is 0 Å². The van der Waals surface area contributed by atoms with Crippen LogP contribution in [0.3, 0.4) is 0 Å². The number of β-lactam (4-membered cyclic amide) rings is 1. The van der Waals surface area contributed by atoms with Crippen LogP contribution in [0.15, 0.2) is 53.6 Å². The number of amides is 4. The number of anilines is 1. The molecule has 39 heavy (non-hydrogen) atoms. The fraction of sp³-hybridized carbons (Fsp3) is 0.481. The van der Waals surface area contributed by atoms with Gasteiger partial charge >= 0.3 is 12.2 Å². The Morgan fingerprint density at radius 2 is 1.87 bits per heavy atom. The quantitative estimate of drug-likeness (QED) is 0.185. The number of hydrogen-bond donors (Lipinski definition) is 3. The van der Waals surface area contributed by atoms with Crippen molar-refractivity contribution in [2.75, 3.05) is 19.5 Å². The minimum atomic E-state index is -4.71. The number of allylic oxidation sites excluding steroid dienone is 2. The summed E-state index contributed by atoms with van der Waals surface area (Å²) in [6.45, 7) is 3.69. The van der Waals surface area contributed by atoms with Crippen LogP contribution in [0.25, 0.3) is 0 Å². The lowest BCUT2D eigenvalue weighted by Crippen LogP contribution is -2.70. The van der Waals surface area contributed by atoms with Crippen LogP contribution in [0.4, 0.5) is 23.7 Å². The molecule has 4 amide bonds. The molecular formula is C27H34F3N5O4. The number of nitrogens with zero attached hydrogens (tertiary/aromatic N) is 2. The lowest BCUT2D eigenvalue weighted by Gasteiger charge is -2.45. The zero-order valence-corrected chi connectivity index (χ0v) is 22.0. The first-order chi connectivity index (χ1) is 18.5. The molecule has 3 rings (SSSR count). The van der Waals surface area contributed by atoms with E-state index in [0.717, 1.165) is 6.42 Å². The Hall–Kier alpha value is -3.83. The monoisotopic (exact) mass is 549 g/mol. The topological polar surface area (TPSA) is 126 Å². The summed E-state index contributed by atoms with van der Waals surface area (Å²) in [5.74, 6) is -2.61. The van der Waals surface area contributed by atoms with Crippen molar-refractivity contribution in [1.82, 2.24) is 10.2 Å². The van der Waals surface area contributed by atoms with Crippen LogP contribution in [0.2, 0.25) is 0 Å². The third-order valence-corrected chi connectivity index (χ3v) is 7.12. The van der Waals surface area contributed by atoms with Gasteiger partial charge in [-0.05, 0) is 61.1 Å². The number of rotatable bonds is 9. The van der Waals surface area contributed by atoms with E-state index in [2.05, 4.69) is 16.9 Å². The van der Waals surface area contributed by atoms with Crippen molar-refractivity contribution in [3.05, 3.63) is 48.6 Å². The number of hydrogen-bond acceptors (Lipinski definition) is 5. The van der Waals surface area contributed by atoms with E-state index in [1.54, 1.807) is 24.3 Å². The molecule has 0 bridgehead atoms. The summed E-state index contributed by atoms with van der Waals surface area (Å²) in [6.07, 6.45) is 0.917. The highest BCUT2D eigenvalue weighted by Gasteiger charge is 2.56. The maximum Gasteiger partial charge on any atom is 0.408 e. The standard InChI is InChI=1S/C27H34F3N5O4/c1-4-16(15-21(31)32-2)14-20-22(24(36)33-18-10-12-19(39-3)13-11-18)35(25(20)37)26(38)34-23(27(28,29)30)17-8-6-5-7-9-17/h4,10-13,15,17,20,22-23H,1,5-9,14H2,2-3H3,(H2,31,32)(H,33,36)(H,34,38)/b16-15+/t20-,22+,23+/m1/s1. The van der Waals surface area contributed by atoms with Gasteiger partial charge in [-0.1, -0.05) is 31.9 Å². The van der Waals surface area contributed by atoms with Gasteiger partial charge in [-0.2, -0.15) is 13.2 Å². The molecule has 1 saturated carbocycles. The molecule has 1 aliphatic heterocycles. The van der Waals surface area contributed by atoms with Gasteiger partial charge in [0.15, 0.2) is 0 Å². The zero-order chi connectivity index (χ0) is 28.7. The SMILES string of the molecule is C=C/C(=C\C(N)=N/C)C[C@H]1C(=O)N(C(=O)N[C@@H](C2CCCCC2)C(F)(F)F)[C@@H]1C(=O)Nc1ccc(OC)cc1. The number of methoxy groups -OCH3 is 1. The summed E-state index contributed by atoms with van der Waals surface area (Å²) in [7, 11) is 2.96. The molecule has 1 aromatic carbocycles. The number of benzene rings is 1. The Kier molecular flexibility index (Phi) is 9.76. The van der Waals surface area contributed by atoms with Crippen LogP contribution < -0.4 is 21.1 Å². The third kappa shape index (κ3) is 7.18. The average molecular weight is 550 g/mol. The van der Waals surface area contributed by atoms with Crippen molar-refractivity contribution in [2.24, 2.45) is 22.6 Å². The van der Waals surface area contributed by atoms with Crippen LogP contribution in [0.1, 0.15) is 38.5 Å². The second-order valence-corrected chi connectivity index (χ2v) is 9.62. The van der Waals surface area contributed by atoms with E-state index < -0.39 is 47.9 Å². The van der Waals surface area contributed by atoms with Crippen molar-refractivity contribution >= 4 is 29.4 Å². The summed E-state index contributed by atoms with van der Waals surface area (Å²) in [5.41, 5.74) is 6.59. The lowest BCUT2D eigenvalue weighted by molar-refractivity contribution is -0.170. The van der Waals surface area contributed by atoms with Crippen LogP contribution in [-0.4, -0.2) is 61.0 Å². The molecular weight excluding hydrogens is 515 g/mol. The van der Waals surface area contributed by atoms with Crippen molar-refractivity contribution in [3.8, 4) is 5.75 Å². The zero-order valence-electron chi connectivity index (χ0n) is 22.0. The largest absolute Gasteiger partial charge is 0.497 e. The first-order valence-corrected chi connectivity index (χ1v) is 12.7. The molecule has 1 saturated heterocycles. The van der Waals surface area contributed by atoms with Crippen LogP contribution in [-0.2, 0) is 9.59 Å². The smallest absolute Gasteiger partial charge is 0.408 e. The molecule has 12 heteroatoms. The molecule has 3 atom stereocenters. The maximum absolute atomic E-state index is 14.0. The highest BCUT2D eigenvalue weighted by Crippen LogP contribution is 2.37.